The molecule has 0 aromatic carbocycles. The number of carboxylic acid groups (broad SMARTS) is 1. The molecule has 2 aliphatic heterocycles. The van der Waals surface area contributed by atoms with Gasteiger partial charge in [0, 0.05) is 18.5 Å². The maximum absolute atomic E-state index is 12.1. The summed E-state index contributed by atoms with van der Waals surface area (Å²) in [6.07, 6.45) is 14.7. The molecule has 0 aromatic rings. The van der Waals surface area contributed by atoms with Crippen molar-refractivity contribution in [3.05, 3.63) is 12.2 Å². The Hall–Kier alpha value is -1.40. The zero-order valence-electron chi connectivity index (χ0n) is 17.3. The Bertz CT molecular complexity index is 509. The van der Waals surface area contributed by atoms with E-state index in [9.17, 15) is 9.59 Å². The highest BCUT2D eigenvalue weighted by Gasteiger charge is 2.48. The van der Waals surface area contributed by atoms with E-state index in [2.05, 4.69) is 17.6 Å². The van der Waals surface area contributed by atoms with Crippen LogP contribution in [-0.2, 0) is 14.3 Å². The highest BCUT2D eigenvalue weighted by atomic mass is 16.5. The molecule has 2 saturated heterocycles. The van der Waals surface area contributed by atoms with Crippen LogP contribution in [0.25, 0.3) is 0 Å². The third-order valence-corrected chi connectivity index (χ3v) is 6.04. The molecule has 0 unspecified atom stereocenters. The van der Waals surface area contributed by atoms with Gasteiger partial charge in [-0.05, 0) is 51.0 Å². The van der Waals surface area contributed by atoms with Gasteiger partial charge in [0.25, 0.3) is 0 Å². The zero-order valence-corrected chi connectivity index (χ0v) is 17.3. The number of amides is 1. The summed E-state index contributed by atoms with van der Waals surface area (Å²) in [5.41, 5.74) is 0. The third kappa shape index (κ3) is 7.92. The Kier molecular flexibility index (Phi) is 10.6. The van der Waals surface area contributed by atoms with E-state index >= 15 is 0 Å². The number of hydrogen-bond donors (Lipinski definition) is 3. The molecular weight excluding hydrogens is 356 g/mol. The van der Waals surface area contributed by atoms with Gasteiger partial charge < -0.3 is 20.5 Å². The van der Waals surface area contributed by atoms with Gasteiger partial charge in [-0.15, -0.1) is 0 Å². The molecule has 6 heteroatoms. The Morgan fingerprint density at radius 2 is 1.86 bits per heavy atom. The number of allylic oxidation sites excluding steroid dienone is 1. The fourth-order valence-electron chi connectivity index (χ4n) is 4.55. The second-order valence-corrected chi connectivity index (χ2v) is 8.18. The second-order valence-electron chi connectivity index (χ2n) is 8.18. The van der Waals surface area contributed by atoms with Crippen LogP contribution in [0.4, 0.5) is 0 Å². The number of nitrogens with one attached hydrogen (secondary N) is 2. The summed E-state index contributed by atoms with van der Waals surface area (Å²) in [7, 11) is 0. The first-order valence-electron chi connectivity index (χ1n) is 11.1. The summed E-state index contributed by atoms with van der Waals surface area (Å²) in [6.45, 7) is 4.21. The Labute approximate surface area is 169 Å². The van der Waals surface area contributed by atoms with E-state index in [1.807, 2.05) is 0 Å². The van der Waals surface area contributed by atoms with Crippen molar-refractivity contribution in [3.8, 4) is 0 Å². The van der Waals surface area contributed by atoms with E-state index in [0.717, 1.165) is 51.5 Å². The highest BCUT2D eigenvalue weighted by Crippen LogP contribution is 2.45. The van der Waals surface area contributed by atoms with Gasteiger partial charge in [-0.1, -0.05) is 38.7 Å². The molecule has 1 amide bonds. The van der Waals surface area contributed by atoms with Gasteiger partial charge in [0.05, 0.1) is 18.8 Å². The maximum atomic E-state index is 12.1. The third-order valence-electron chi connectivity index (χ3n) is 6.04. The number of carbonyl (C=O) groups excluding carboxylic acids is 1. The van der Waals surface area contributed by atoms with E-state index in [0.29, 0.717) is 37.1 Å². The lowest BCUT2D eigenvalue weighted by atomic mass is 9.76. The minimum atomic E-state index is -0.882. The SMILES string of the molecule is CCCCCCNCC(=O)NC[C@H]1[C@@H](CCCC/C=C/C(=O)O)[C@H]2CC[C@@H]1O2. The molecule has 6 nitrogen and oxygen atoms in total. The van der Waals surface area contributed by atoms with Crippen molar-refractivity contribution in [2.24, 2.45) is 11.8 Å². The summed E-state index contributed by atoms with van der Waals surface area (Å²) < 4.78 is 6.12. The van der Waals surface area contributed by atoms with Gasteiger partial charge >= 0.3 is 5.97 Å². The lowest BCUT2D eigenvalue weighted by Gasteiger charge is -2.28. The smallest absolute Gasteiger partial charge is 0.327 e. The lowest BCUT2D eigenvalue weighted by molar-refractivity contribution is -0.131. The van der Waals surface area contributed by atoms with Gasteiger partial charge in [0.15, 0.2) is 0 Å². The number of hydrogen-bond acceptors (Lipinski definition) is 4. The van der Waals surface area contributed by atoms with Crippen molar-refractivity contribution in [1.29, 1.82) is 0 Å². The van der Waals surface area contributed by atoms with Crippen LogP contribution in [0.1, 0.15) is 71.1 Å². The molecule has 28 heavy (non-hydrogen) atoms. The largest absolute Gasteiger partial charge is 0.478 e. The van der Waals surface area contributed by atoms with Gasteiger partial charge in [0.2, 0.25) is 5.91 Å². The summed E-state index contributed by atoms with van der Waals surface area (Å²) in [5.74, 6) is 0.134. The number of aliphatic carboxylic acids is 1. The summed E-state index contributed by atoms with van der Waals surface area (Å²) in [5, 5.41) is 15.0. The standard InChI is InChI=1S/C22H38N2O4/c1-2-3-4-9-14-23-16-21(25)24-15-18-17(19-12-13-20(18)28-19)10-7-5-6-8-11-22(26)27/h8,11,17-20,23H,2-7,9-10,12-16H2,1H3,(H,24,25)(H,26,27)/b11-8+/t17-,18+,19-,20+/m1/s1. The first-order chi connectivity index (χ1) is 13.6. The van der Waals surface area contributed by atoms with Gasteiger partial charge in [-0.25, -0.2) is 4.79 Å². The molecule has 2 fully saturated rings. The van der Waals surface area contributed by atoms with E-state index in [4.69, 9.17) is 9.84 Å². The maximum Gasteiger partial charge on any atom is 0.327 e. The van der Waals surface area contributed by atoms with Crippen LogP contribution >= 0.6 is 0 Å². The van der Waals surface area contributed by atoms with Crippen molar-refractivity contribution >= 4 is 11.9 Å². The molecular formula is C22H38N2O4. The number of fused-ring (bicyclic) bond motifs is 2. The van der Waals surface area contributed by atoms with E-state index in [1.165, 1.54) is 25.3 Å². The number of carboxylic acids is 1. The van der Waals surface area contributed by atoms with Crippen LogP contribution < -0.4 is 10.6 Å². The van der Waals surface area contributed by atoms with Crippen molar-refractivity contribution < 1.29 is 19.4 Å². The number of rotatable bonds is 15. The molecule has 0 radical (unpaired) electrons. The van der Waals surface area contributed by atoms with Crippen molar-refractivity contribution in [1.82, 2.24) is 10.6 Å². The van der Waals surface area contributed by atoms with E-state index < -0.39 is 5.97 Å². The molecule has 2 aliphatic rings. The van der Waals surface area contributed by atoms with Crippen LogP contribution in [0.3, 0.4) is 0 Å². The van der Waals surface area contributed by atoms with Crippen molar-refractivity contribution in [2.75, 3.05) is 19.6 Å². The highest BCUT2D eigenvalue weighted by molar-refractivity contribution is 5.79. The molecule has 2 rings (SSSR count). The molecule has 0 saturated carbocycles. The fourth-order valence-corrected chi connectivity index (χ4v) is 4.55. The molecule has 0 aliphatic carbocycles. The van der Waals surface area contributed by atoms with E-state index in [1.54, 1.807) is 6.08 Å². The van der Waals surface area contributed by atoms with Gasteiger partial charge in [0.1, 0.15) is 0 Å². The van der Waals surface area contributed by atoms with Crippen LogP contribution in [-0.4, -0.2) is 48.8 Å². The zero-order chi connectivity index (χ0) is 20.2. The summed E-state index contributed by atoms with van der Waals surface area (Å²) >= 11 is 0. The van der Waals surface area contributed by atoms with Crippen LogP contribution in [0.15, 0.2) is 12.2 Å². The summed E-state index contributed by atoms with van der Waals surface area (Å²) in [4.78, 5) is 22.6. The van der Waals surface area contributed by atoms with Gasteiger partial charge in [-0.3, -0.25) is 4.79 Å². The predicted octanol–water partition coefficient (Wildman–Crippen LogP) is 3.27. The van der Waals surface area contributed by atoms with Crippen LogP contribution in [0.2, 0.25) is 0 Å². The molecule has 2 bridgehead atoms. The fraction of sp³-hybridized carbons (Fsp3) is 0.818. The predicted molar refractivity (Wildman–Crippen MR) is 110 cm³/mol. The monoisotopic (exact) mass is 394 g/mol. The minimum Gasteiger partial charge on any atom is -0.478 e. The number of carbonyl (C=O) groups is 2. The van der Waals surface area contributed by atoms with Gasteiger partial charge in [-0.2, -0.15) is 0 Å². The molecule has 4 atom stereocenters. The topological polar surface area (TPSA) is 87.7 Å². The average molecular weight is 395 g/mol. The molecule has 2 heterocycles. The normalized spacial score (nSPS) is 26.2. The lowest BCUT2D eigenvalue weighted by Crippen LogP contribution is -2.41. The Morgan fingerprint density at radius 3 is 2.61 bits per heavy atom. The van der Waals surface area contributed by atoms with Crippen molar-refractivity contribution in [2.45, 2.75) is 83.3 Å². The first-order valence-corrected chi connectivity index (χ1v) is 11.1. The first kappa shape index (κ1) is 22.9. The average Bonchev–Trinajstić information content (AvgIpc) is 3.27. The van der Waals surface area contributed by atoms with Crippen molar-refractivity contribution in [3.63, 3.8) is 0 Å². The second kappa shape index (κ2) is 12.9. The number of unbranched alkanes of at least 4 members (excludes halogenated alkanes) is 5. The minimum absolute atomic E-state index is 0.0795. The van der Waals surface area contributed by atoms with E-state index in [-0.39, 0.29) is 5.91 Å². The summed E-state index contributed by atoms with van der Waals surface area (Å²) in [6, 6.07) is 0. The van der Waals surface area contributed by atoms with Crippen LogP contribution in [0, 0.1) is 11.8 Å². The molecule has 0 aromatic heterocycles. The molecule has 0 spiro atoms. The van der Waals surface area contributed by atoms with Crippen LogP contribution in [0.5, 0.6) is 0 Å². The molecule has 3 N–H and O–H groups in total. The number of ether oxygens (including phenoxy) is 1. The Balaban J connectivity index is 1.62. The molecule has 160 valence electrons. The Morgan fingerprint density at radius 1 is 1.07 bits per heavy atom. The quantitative estimate of drug-likeness (QED) is 0.293.